The smallest absolute Gasteiger partial charge is 0.141 e. The summed E-state index contributed by atoms with van der Waals surface area (Å²) in [7, 11) is 0. The van der Waals surface area contributed by atoms with E-state index in [2.05, 4.69) is 17.2 Å². The molecule has 1 saturated heterocycles. The number of nitrogens with zero attached hydrogens (tertiary/aromatic N) is 1. The molecule has 0 radical (unpaired) electrons. The van der Waals surface area contributed by atoms with Crippen LogP contribution in [0.3, 0.4) is 0 Å². The standard InChI is InChI=1S/C11H15FN2/c1-11(2-4-13-5-3-11)9-6-10(12)8-14-7-9/h6-8,13H,2-5H2,1H3. The van der Waals surface area contributed by atoms with E-state index in [0.29, 0.717) is 0 Å². The molecule has 2 nitrogen and oxygen atoms in total. The Bertz CT molecular complexity index is 319. The zero-order chi connectivity index (χ0) is 10.0. The Labute approximate surface area is 83.6 Å². The lowest BCUT2D eigenvalue weighted by molar-refractivity contribution is 0.333. The lowest BCUT2D eigenvalue weighted by atomic mass is 9.76. The summed E-state index contributed by atoms with van der Waals surface area (Å²) < 4.78 is 13.0. The zero-order valence-electron chi connectivity index (χ0n) is 8.39. The number of aromatic nitrogens is 1. The van der Waals surface area contributed by atoms with E-state index in [4.69, 9.17) is 0 Å². The van der Waals surface area contributed by atoms with Gasteiger partial charge in [-0.2, -0.15) is 0 Å². The van der Waals surface area contributed by atoms with Crippen molar-refractivity contribution in [2.45, 2.75) is 25.2 Å². The second kappa shape index (κ2) is 3.65. The topological polar surface area (TPSA) is 24.9 Å². The molecule has 0 aromatic carbocycles. The number of pyridine rings is 1. The van der Waals surface area contributed by atoms with Crippen molar-refractivity contribution in [1.82, 2.24) is 10.3 Å². The maximum atomic E-state index is 13.0. The molecule has 1 aromatic heterocycles. The molecule has 1 fully saturated rings. The predicted octanol–water partition coefficient (Wildman–Crippen LogP) is 1.86. The average Bonchev–Trinajstić information content (AvgIpc) is 2.19. The quantitative estimate of drug-likeness (QED) is 0.738. The molecule has 1 N–H and O–H groups in total. The van der Waals surface area contributed by atoms with Gasteiger partial charge in [0, 0.05) is 6.20 Å². The van der Waals surface area contributed by atoms with Crippen molar-refractivity contribution in [1.29, 1.82) is 0 Å². The molecule has 1 aliphatic rings. The Morgan fingerprint density at radius 2 is 2.07 bits per heavy atom. The highest BCUT2D eigenvalue weighted by atomic mass is 19.1. The van der Waals surface area contributed by atoms with E-state index in [1.165, 1.54) is 6.20 Å². The van der Waals surface area contributed by atoms with Gasteiger partial charge in [0.05, 0.1) is 6.20 Å². The van der Waals surface area contributed by atoms with Gasteiger partial charge < -0.3 is 5.32 Å². The second-order valence-electron chi connectivity index (χ2n) is 4.20. The molecule has 14 heavy (non-hydrogen) atoms. The van der Waals surface area contributed by atoms with Crippen LogP contribution in [-0.2, 0) is 5.41 Å². The Balaban J connectivity index is 2.28. The van der Waals surface area contributed by atoms with E-state index in [-0.39, 0.29) is 11.2 Å². The summed E-state index contributed by atoms with van der Waals surface area (Å²) in [5.41, 5.74) is 1.12. The van der Waals surface area contributed by atoms with Gasteiger partial charge in [0.15, 0.2) is 0 Å². The van der Waals surface area contributed by atoms with E-state index >= 15 is 0 Å². The molecule has 0 amide bonds. The fourth-order valence-corrected chi connectivity index (χ4v) is 2.01. The van der Waals surface area contributed by atoms with Gasteiger partial charge in [-0.3, -0.25) is 4.98 Å². The first-order chi connectivity index (χ1) is 6.71. The third-order valence-corrected chi connectivity index (χ3v) is 3.11. The summed E-state index contributed by atoms with van der Waals surface area (Å²) in [6.07, 6.45) is 5.15. The molecule has 1 aromatic rings. The van der Waals surface area contributed by atoms with Gasteiger partial charge in [-0.15, -0.1) is 0 Å². The number of halogens is 1. The third-order valence-electron chi connectivity index (χ3n) is 3.11. The molecule has 0 atom stereocenters. The minimum absolute atomic E-state index is 0.0976. The maximum absolute atomic E-state index is 13.0. The second-order valence-corrected chi connectivity index (χ2v) is 4.20. The number of hydrogen-bond donors (Lipinski definition) is 1. The molecule has 1 aliphatic heterocycles. The van der Waals surface area contributed by atoms with Crippen LogP contribution < -0.4 is 5.32 Å². The number of rotatable bonds is 1. The van der Waals surface area contributed by atoms with Crippen molar-refractivity contribution in [2.75, 3.05) is 13.1 Å². The van der Waals surface area contributed by atoms with Crippen molar-refractivity contribution in [3.05, 3.63) is 29.8 Å². The van der Waals surface area contributed by atoms with Crippen LogP contribution in [0.4, 0.5) is 4.39 Å². The Morgan fingerprint density at radius 3 is 2.71 bits per heavy atom. The summed E-state index contributed by atoms with van der Waals surface area (Å²) in [5, 5.41) is 3.31. The highest BCUT2D eigenvalue weighted by Crippen LogP contribution is 2.32. The molecule has 0 aliphatic carbocycles. The van der Waals surface area contributed by atoms with Crippen LogP contribution in [-0.4, -0.2) is 18.1 Å². The summed E-state index contributed by atoms with van der Waals surface area (Å²) >= 11 is 0. The van der Waals surface area contributed by atoms with Gasteiger partial charge in [0.25, 0.3) is 0 Å². The highest BCUT2D eigenvalue weighted by molar-refractivity contribution is 5.22. The van der Waals surface area contributed by atoms with Gasteiger partial charge in [0.2, 0.25) is 0 Å². The van der Waals surface area contributed by atoms with E-state index in [1.807, 2.05) is 0 Å². The van der Waals surface area contributed by atoms with E-state index < -0.39 is 0 Å². The van der Waals surface area contributed by atoms with Crippen LogP contribution >= 0.6 is 0 Å². The van der Waals surface area contributed by atoms with Crippen molar-refractivity contribution in [3.63, 3.8) is 0 Å². The number of piperidine rings is 1. The van der Waals surface area contributed by atoms with Gasteiger partial charge in [-0.1, -0.05) is 6.92 Å². The van der Waals surface area contributed by atoms with E-state index in [9.17, 15) is 4.39 Å². The van der Waals surface area contributed by atoms with Gasteiger partial charge >= 0.3 is 0 Å². The highest BCUT2D eigenvalue weighted by Gasteiger charge is 2.29. The van der Waals surface area contributed by atoms with Crippen LogP contribution in [0.5, 0.6) is 0 Å². The molecule has 0 spiro atoms. The largest absolute Gasteiger partial charge is 0.317 e. The Morgan fingerprint density at radius 1 is 1.36 bits per heavy atom. The minimum atomic E-state index is -0.234. The lowest BCUT2D eigenvalue weighted by Crippen LogP contribution is -2.37. The van der Waals surface area contributed by atoms with Crippen LogP contribution in [0, 0.1) is 5.82 Å². The number of nitrogens with one attached hydrogen (secondary N) is 1. The summed E-state index contributed by atoms with van der Waals surface area (Å²) in [4.78, 5) is 3.91. The van der Waals surface area contributed by atoms with Crippen LogP contribution in [0.2, 0.25) is 0 Å². The molecular formula is C11H15FN2. The molecule has 76 valence electrons. The fourth-order valence-electron chi connectivity index (χ4n) is 2.01. The molecule has 0 unspecified atom stereocenters. The maximum Gasteiger partial charge on any atom is 0.141 e. The SMILES string of the molecule is CC1(c2cncc(F)c2)CCNCC1. The van der Waals surface area contributed by atoms with Crippen molar-refractivity contribution < 1.29 is 4.39 Å². The fraction of sp³-hybridized carbons (Fsp3) is 0.545. The molecule has 0 bridgehead atoms. The monoisotopic (exact) mass is 194 g/mol. The third kappa shape index (κ3) is 1.77. The molecule has 3 heteroatoms. The van der Waals surface area contributed by atoms with E-state index in [0.717, 1.165) is 31.5 Å². The Kier molecular flexibility index (Phi) is 2.50. The average molecular weight is 194 g/mol. The zero-order valence-corrected chi connectivity index (χ0v) is 8.39. The van der Waals surface area contributed by atoms with E-state index in [1.54, 1.807) is 12.3 Å². The summed E-state index contributed by atoms with van der Waals surface area (Å²) in [6, 6.07) is 1.61. The first kappa shape index (κ1) is 9.59. The van der Waals surface area contributed by atoms with Crippen molar-refractivity contribution in [2.24, 2.45) is 0 Å². The van der Waals surface area contributed by atoms with Gasteiger partial charge in [-0.25, -0.2) is 4.39 Å². The molecular weight excluding hydrogens is 179 g/mol. The summed E-state index contributed by atoms with van der Waals surface area (Å²) in [5.74, 6) is -0.234. The normalized spacial score (nSPS) is 20.7. The van der Waals surface area contributed by atoms with Crippen LogP contribution in [0.25, 0.3) is 0 Å². The van der Waals surface area contributed by atoms with Gasteiger partial charge in [0.1, 0.15) is 5.82 Å². The van der Waals surface area contributed by atoms with Crippen LogP contribution in [0.1, 0.15) is 25.3 Å². The van der Waals surface area contributed by atoms with Crippen molar-refractivity contribution >= 4 is 0 Å². The molecule has 0 saturated carbocycles. The first-order valence-corrected chi connectivity index (χ1v) is 5.02. The van der Waals surface area contributed by atoms with Gasteiger partial charge in [-0.05, 0) is 43.0 Å². The molecule has 2 rings (SSSR count). The minimum Gasteiger partial charge on any atom is -0.317 e. The van der Waals surface area contributed by atoms with Crippen molar-refractivity contribution in [3.8, 4) is 0 Å². The first-order valence-electron chi connectivity index (χ1n) is 5.02. The summed E-state index contributed by atoms with van der Waals surface area (Å²) in [6.45, 7) is 4.20. The van der Waals surface area contributed by atoms with Crippen LogP contribution in [0.15, 0.2) is 18.5 Å². The predicted molar refractivity (Wildman–Crippen MR) is 53.7 cm³/mol. The molecule has 2 heterocycles. The lowest BCUT2D eigenvalue weighted by Gasteiger charge is -2.34. The Hall–Kier alpha value is -0.960. The number of hydrogen-bond acceptors (Lipinski definition) is 2.